The summed E-state index contributed by atoms with van der Waals surface area (Å²) in [6.07, 6.45) is 3.49. The van der Waals surface area contributed by atoms with E-state index in [4.69, 9.17) is 0 Å². The van der Waals surface area contributed by atoms with E-state index in [9.17, 15) is 0 Å². The Labute approximate surface area is 306 Å². The van der Waals surface area contributed by atoms with E-state index < -0.39 is 0 Å². The van der Waals surface area contributed by atoms with Crippen molar-refractivity contribution in [1.29, 1.82) is 0 Å². The fraction of sp³-hybridized carbons (Fsp3) is 0.265. The highest BCUT2D eigenvalue weighted by Crippen LogP contribution is 2.54. The number of anilines is 6. The van der Waals surface area contributed by atoms with Gasteiger partial charge in [0.25, 0.3) is 0 Å². The van der Waals surface area contributed by atoms with Crippen molar-refractivity contribution in [2.75, 3.05) is 9.80 Å². The molecule has 0 aliphatic heterocycles. The van der Waals surface area contributed by atoms with Gasteiger partial charge in [-0.3, -0.25) is 0 Å². The van der Waals surface area contributed by atoms with E-state index in [1.54, 1.807) is 0 Å². The maximum atomic E-state index is 2.47. The first-order valence-corrected chi connectivity index (χ1v) is 18.6. The van der Waals surface area contributed by atoms with Gasteiger partial charge < -0.3 is 9.80 Å². The van der Waals surface area contributed by atoms with Crippen LogP contribution in [-0.4, -0.2) is 0 Å². The summed E-state index contributed by atoms with van der Waals surface area (Å²) in [4.78, 5) is 4.77. The molecule has 0 heterocycles. The van der Waals surface area contributed by atoms with Crippen molar-refractivity contribution in [1.82, 2.24) is 0 Å². The summed E-state index contributed by atoms with van der Waals surface area (Å²) >= 11 is 0. The summed E-state index contributed by atoms with van der Waals surface area (Å²) < 4.78 is 0. The Morgan fingerprint density at radius 3 is 1.16 bits per heavy atom. The first kappa shape index (κ1) is 34.4. The van der Waals surface area contributed by atoms with Crippen LogP contribution in [0.3, 0.4) is 0 Å². The van der Waals surface area contributed by atoms with Crippen LogP contribution in [0.4, 0.5) is 34.1 Å². The zero-order valence-electron chi connectivity index (χ0n) is 31.4. The van der Waals surface area contributed by atoms with Crippen molar-refractivity contribution in [2.45, 2.75) is 73.1 Å². The summed E-state index contributed by atoms with van der Waals surface area (Å²) in [6, 6.07) is 54.4. The van der Waals surface area contributed by atoms with Crippen LogP contribution in [-0.2, 0) is 5.41 Å². The Morgan fingerprint density at radius 2 is 0.804 bits per heavy atom. The topological polar surface area (TPSA) is 6.48 Å². The molecule has 258 valence electrons. The molecule has 0 spiro atoms. The van der Waals surface area contributed by atoms with E-state index in [-0.39, 0.29) is 10.8 Å². The first-order valence-electron chi connectivity index (χ1n) is 18.6. The summed E-state index contributed by atoms with van der Waals surface area (Å²) in [7, 11) is 0. The van der Waals surface area contributed by atoms with Crippen LogP contribution in [0.15, 0.2) is 146 Å². The molecule has 7 rings (SSSR count). The van der Waals surface area contributed by atoms with Gasteiger partial charge in [0.1, 0.15) is 0 Å². The average molecular weight is 669 g/mol. The molecule has 1 unspecified atom stereocenters. The van der Waals surface area contributed by atoms with Gasteiger partial charge in [0, 0.05) is 39.5 Å². The van der Waals surface area contributed by atoms with Gasteiger partial charge in [-0.05, 0) is 153 Å². The highest BCUT2D eigenvalue weighted by atomic mass is 15.1. The minimum atomic E-state index is -0.0890. The molecule has 6 aromatic rings. The van der Waals surface area contributed by atoms with Crippen molar-refractivity contribution >= 4 is 34.1 Å². The Kier molecular flexibility index (Phi) is 9.38. The van der Waals surface area contributed by atoms with E-state index in [0.29, 0.717) is 5.92 Å². The van der Waals surface area contributed by atoms with Gasteiger partial charge in [0.15, 0.2) is 0 Å². The molecule has 1 aliphatic carbocycles. The zero-order chi connectivity index (χ0) is 35.8. The summed E-state index contributed by atoms with van der Waals surface area (Å²) in [5.74, 6) is 0.612. The quantitative estimate of drug-likeness (QED) is 0.159. The molecule has 2 heteroatoms. The predicted octanol–water partition coefficient (Wildman–Crippen LogP) is 14.0. The maximum absolute atomic E-state index is 2.47. The Balaban J connectivity index is 1.31. The van der Waals surface area contributed by atoms with E-state index in [1.807, 2.05) is 0 Å². The first-order chi connectivity index (χ1) is 24.5. The molecule has 1 fully saturated rings. The summed E-state index contributed by atoms with van der Waals surface area (Å²) in [6.45, 7) is 16.0. The van der Waals surface area contributed by atoms with Crippen molar-refractivity contribution in [3.05, 3.63) is 179 Å². The molecule has 2 nitrogen and oxygen atoms in total. The second kappa shape index (κ2) is 13.9. The molecule has 51 heavy (non-hydrogen) atoms. The molecule has 0 aromatic heterocycles. The molecular weight excluding hydrogens is 617 g/mol. The van der Waals surface area contributed by atoms with Crippen molar-refractivity contribution in [3.63, 3.8) is 0 Å². The van der Waals surface area contributed by atoms with Crippen LogP contribution in [0.5, 0.6) is 0 Å². The maximum Gasteiger partial charge on any atom is 0.0464 e. The van der Waals surface area contributed by atoms with Crippen LogP contribution < -0.4 is 9.80 Å². The number of hydrogen-bond donors (Lipinski definition) is 0. The third kappa shape index (κ3) is 7.24. The fourth-order valence-corrected chi connectivity index (χ4v) is 8.85. The van der Waals surface area contributed by atoms with E-state index in [0.717, 1.165) is 12.8 Å². The van der Waals surface area contributed by atoms with Gasteiger partial charge >= 0.3 is 0 Å². The van der Waals surface area contributed by atoms with Gasteiger partial charge in [-0.2, -0.15) is 0 Å². The minimum Gasteiger partial charge on any atom is -0.310 e. The molecule has 0 bridgehead atoms. The lowest BCUT2D eigenvalue weighted by Crippen LogP contribution is -2.41. The smallest absolute Gasteiger partial charge is 0.0464 e. The average Bonchev–Trinajstić information content (AvgIpc) is 3.10. The minimum absolute atomic E-state index is 0.0890. The SMILES string of the molecule is Cc1ccc(N(c2ccc(C3(c4ccc(N(c5ccc(C)cc5)c5cccc(C)c5)cc4)CC(C)CC(C)(C)C3)cc2)c2cccc(C)c2)cc1. The molecule has 6 aromatic carbocycles. The van der Waals surface area contributed by atoms with Crippen molar-refractivity contribution in [2.24, 2.45) is 11.3 Å². The van der Waals surface area contributed by atoms with Gasteiger partial charge in [0.2, 0.25) is 0 Å². The highest BCUT2D eigenvalue weighted by molar-refractivity contribution is 5.78. The number of benzene rings is 6. The standard InChI is InChI=1S/C49H52N2/c1-35-14-22-42(23-15-35)50(46-12-8-10-37(3)30-46)44-26-18-40(19-27-44)49(33-39(5)32-48(6,7)34-49)41-20-28-45(29-21-41)51(43-24-16-36(2)17-25-43)47-13-9-11-38(4)31-47/h8-31,39H,32-34H2,1-7H3. The second-order valence-corrected chi connectivity index (χ2v) is 16.1. The van der Waals surface area contributed by atoms with Crippen LogP contribution >= 0.6 is 0 Å². The fourth-order valence-electron chi connectivity index (χ4n) is 8.85. The van der Waals surface area contributed by atoms with E-state index in [2.05, 4.69) is 204 Å². The molecular formula is C49H52N2. The molecule has 0 N–H and O–H groups in total. The third-order valence-electron chi connectivity index (χ3n) is 10.8. The monoisotopic (exact) mass is 668 g/mol. The van der Waals surface area contributed by atoms with Crippen LogP contribution in [0, 0.1) is 39.0 Å². The van der Waals surface area contributed by atoms with Gasteiger partial charge in [0.05, 0.1) is 0 Å². The van der Waals surface area contributed by atoms with Crippen molar-refractivity contribution in [3.8, 4) is 0 Å². The van der Waals surface area contributed by atoms with Gasteiger partial charge in [-0.15, -0.1) is 0 Å². The lowest BCUT2D eigenvalue weighted by molar-refractivity contribution is 0.127. The lowest BCUT2D eigenvalue weighted by atomic mass is 9.55. The Bertz CT molecular complexity index is 1950. The van der Waals surface area contributed by atoms with E-state index in [1.165, 1.54) is 73.9 Å². The largest absolute Gasteiger partial charge is 0.310 e. The number of hydrogen-bond acceptors (Lipinski definition) is 2. The molecule has 1 saturated carbocycles. The zero-order valence-corrected chi connectivity index (χ0v) is 31.4. The predicted molar refractivity (Wildman–Crippen MR) is 219 cm³/mol. The lowest BCUT2D eigenvalue weighted by Gasteiger charge is -2.49. The summed E-state index contributed by atoms with van der Waals surface area (Å²) in [5, 5.41) is 0. The van der Waals surface area contributed by atoms with Crippen LogP contribution in [0.1, 0.15) is 73.4 Å². The second-order valence-electron chi connectivity index (χ2n) is 16.1. The molecule has 0 amide bonds. The Morgan fingerprint density at radius 1 is 0.431 bits per heavy atom. The number of nitrogens with zero attached hydrogens (tertiary/aromatic N) is 2. The number of aryl methyl sites for hydroxylation is 4. The Hall–Kier alpha value is -5.08. The van der Waals surface area contributed by atoms with Gasteiger partial charge in [-0.25, -0.2) is 0 Å². The highest BCUT2D eigenvalue weighted by Gasteiger charge is 2.45. The van der Waals surface area contributed by atoms with Crippen LogP contribution in [0.2, 0.25) is 0 Å². The van der Waals surface area contributed by atoms with E-state index >= 15 is 0 Å². The number of rotatable bonds is 8. The third-order valence-corrected chi connectivity index (χ3v) is 10.8. The summed E-state index contributed by atoms with van der Waals surface area (Å²) in [5.41, 5.74) is 15.0. The molecule has 0 radical (unpaired) electrons. The van der Waals surface area contributed by atoms with Gasteiger partial charge in [-0.1, -0.05) is 105 Å². The molecule has 1 atom stereocenters. The molecule has 0 saturated heterocycles. The van der Waals surface area contributed by atoms with Crippen LogP contribution in [0.25, 0.3) is 0 Å². The normalized spacial score (nSPS) is 16.4. The van der Waals surface area contributed by atoms with Crippen molar-refractivity contribution < 1.29 is 0 Å². The molecule has 1 aliphatic rings.